The number of piperidine rings is 1. The number of benzene rings is 1. The van der Waals surface area contributed by atoms with Gasteiger partial charge in [-0.3, -0.25) is 9.59 Å². The third-order valence-corrected chi connectivity index (χ3v) is 3.90. The van der Waals surface area contributed by atoms with Crippen molar-refractivity contribution in [3.8, 4) is 0 Å². The zero-order valence-corrected chi connectivity index (χ0v) is 15.2. The SMILES string of the molecule is CC1CN(C(=O)OCc2ccccc2)CC(=O)C1C(=O)OC(C)(C)C. The molecule has 1 heterocycles. The molecular weight excluding hydrogens is 322 g/mol. The van der Waals surface area contributed by atoms with E-state index < -0.39 is 23.6 Å². The van der Waals surface area contributed by atoms with Crippen molar-refractivity contribution >= 4 is 17.8 Å². The van der Waals surface area contributed by atoms with Crippen molar-refractivity contribution < 1.29 is 23.9 Å². The first-order valence-electron chi connectivity index (χ1n) is 8.38. The van der Waals surface area contributed by atoms with E-state index in [4.69, 9.17) is 9.47 Å². The summed E-state index contributed by atoms with van der Waals surface area (Å²) in [5.74, 6) is -2.00. The summed E-state index contributed by atoms with van der Waals surface area (Å²) in [6, 6.07) is 9.32. The van der Waals surface area contributed by atoms with Crippen LogP contribution in [0.5, 0.6) is 0 Å². The molecule has 0 aromatic heterocycles. The maximum absolute atomic E-state index is 12.4. The van der Waals surface area contributed by atoms with Crippen LogP contribution in [-0.4, -0.2) is 41.4 Å². The van der Waals surface area contributed by atoms with Gasteiger partial charge in [-0.25, -0.2) is 4.79 Å². The number of hydrogen-bond acceptors (Lipinski definition) is 5. The van der Waals surface area contributed by atoms with Crippen molar-refractivity contribution in [1.29, 1.82) is 0 Å². The normalized spacial score (nSPS) is 21.0. The lowest BCUT2D eigenvalue weighted by Crippen LogP contribution is -2.52. The monoisotopic (exact) mass is 347 g/mol. The van der Waals surface area contributed by atoms with Crippen LogP contribution < -0.4 is 0 Å². The van der Waals surface area contributed by atoms with Crippen LogP contribution in [0.3, 0.4) is 0 Å². The Labute approximate surface area is 148 Å². The molecule has 6 nitrogen and oxygen atoms in total. The number of ketones is 1. The molecule has 1 aliphatic heterocycles. The number of Topliss-reactive ketones (excluding diaryl/α,β-unsaturated/α-hetero) is 1. The standard InChI is InChI=1S/C19H25NO5/c1-13-10-20(18(23)24-12-14-8-6-5-7-9-14)11-15(21)16(13)17(22)25-19(2,3)4/h5-9,13,16H,10-12H2,1-4H3. The summed E-state index contributed by atoms with van der Waals surface area (Å²) in [6.45, 7) is 7.34. The molecule has 0 N–H and O–H groups in total. The molecule has 0 bridgehead atoms. The molecule has 1 aromatic rings. The number of esters is 1. The maximum Gasteiger partial charge on any atom is 0.410 e. The fourth-order valence-corrected chi connectivity index (χ4v) is 2.80. The molecule has 1 amide bonds. The van der Waals surface area contributed by atoms with Gasteiger partial charge >= 0.3 is 12.1 Å². The molecule has 2 unspecified atom stereocenters. The Morgan fingerprint density at radius 3 is 2.40 bits per heavy atom. The molecule has 2 atom stereocenters. The molecule has 2 rings (SSSR count). The molecule has 0 radical (unpaired) electrons. The lowest BCUT2D eigenvalue weighted by atomic mass is 9.86. The van der Waals surface area contributed by atoms with Gasteiger partial charge in [-0.05, 0) is 32.3 Å². The summed E-state index contributed by atoms with van der Waals surface area (Å²) in [5, 5.41) is 0. The van der Waals surface area contributed by atoms with E-state index in [1.54, 1.807) is 27.7 Å². The molecule has 1 aromatic carbocycles. The lowest BCUT2D eigenvalue weighted by molar-refractivity contribution is -0.166. The van der Waals surface area contributed by atoms with Gasteiger partial charge in [0.05, 0.1) is 6.54 Å². The third kappa shape index (κ3) is 5.31. The van der Waals surface area contributed by atoms with Gasteiger partial charge < -0.3 is 14.4 Å². The van der Waals surface area contributed by atoms with Gasteiger partial charge in [0.1, 0.15) is 18.1 Å². The number of amides is 1. The first-order valence-corrected chi connectivity index (χ1v) is 8.38. The lowest BCUT2D eigenvalue weighted by Gasteiger charge is -2.35. The fourth-order valence-electron chi connectivity index (χ4n) is 2.80. The van der Waals surface area contributed by atoms with Gasteiger partial charge in [0.2, 0.25) is 0 Å². The minimum Gasteiger partial charge on any atom is -0.459 e. The number of carbonyl (C=O) groups is 3. The number of hydrogen-bond donors (Lipinski definition) is 0. The summed E-state index contributed by atoms with van der Waals surface area (Å²) in [6.07, 6.45) is -0.549. The Morgan fingerprint density at radius 2 is 1.84 bits per heavy atom. The van der Waals surface area contributed by atoms with Crippen LogP contribution in [0.4, 0.5) is 4.79 Å². The molecule has 6 heteroatoms. The maximum atomic E-state index is 12.4. The molecule has 0 aliphatic carbocycles. The number of likely N-dealkylation sites (tertiary alicyclic amines) is 1. The molecule has 136 valence electrons. The molecule has 1 fully saturated rings. The molecule has 0 saturated carbocycles. The quantitative estimate of drug-likeness (QED) is 0.621. The average Bonchev–Trinajstić information content (AvgIpc) is 2.51. The zero-order chi connectivity index (χ0) is 18.6. The summed E-state index contributed by atoms with van der Waals surface area (Å²) in [5.41, 5.74) is 0.224. The first-order chi connectivity index (χ1) is 11.7. The molecular formula is C19H25NO5. The van der Waals surface area contributed by atoms with Gasteiger partial charge in [0.25, 0.3) is 0 Å². The highest BCUT2D eigenvalue weighted by Gasteiger charge is 2.42. The molecule has 1 aliphatic rings. The largest absolute Gasteiger partial charge is 0.459 e. The van der Waals surface area contributed by atoms with Crippen LogP contribution in [0.15, 0.2) is 30.3 Å². The molecule has 0 spiro atoms. The van der Waals surface area contributed by atoms with Crippen molar-refractivity contribution in [1.82, 2.24) is 4.90 Å². The predicted molar refractivity (Wildman–Crippen MR) is 91.7 cm³/mol. The van der Waals surface area contributed by atoms with Crippen LogP contribution in [0, 0.1) is 11.8 Å². The van der Waals surface area contributed by atoms with E-state index in [0.717, 1.165) is 5.56 Å². The highest BCUT2D eigenvalue weighted by atomic mass is 16.6. The minimum absolute atomic E-state index is 0.137. The first kappa shape index (κ1) is 19.0. The summed E-state index contributed by atoms with van der Waals surface area (Å²) >= 11 is 0. The molecule has 1 saturated heterocycles. The van der Waals surface area contributed by atoms with Gasteiger partial charge in [-0.1, -0.05) is 37.3 Å². The Hall–Kier alpha value is -2.37. The summed E-state index contributed by atoms with van der Waals surface area (Å²) in [4.78, 5) is 38.2. The average molecular weight is 347 g/mol. The van der Waals surface area contributed by atoms with E-state index in [1.807, 2.05) is 30.3 Å². The topological polar surface area (TPSA) is 72.9 Å². The Morgan fingerprint density at radius 1 is 1.20 bits per heavy atom. The second kappa shape index (κ2) is 7.68. The second-order valence-electron chi connectivity index (χ2n) is 7.38. The van der Waals surface area contributed by atoms with Crippen LogP contribution in [0.2, 0.25) is 0 Å². The highest BCUT2D eigenvalue weighted by molar-refractivity contribution is 6.02. The van der Waals surface area contributed by atoms with Crippen LogP contribution in [0.1, 0.15) is 33.3 Å². The van der Waals surface area contributed by atoms with Gasteiger partial charge in [0, 0.05) is 6.54 Å². The van der Waals surface area contributed by atoms with Gasteiger partial charge in [0.15, 0.2) is 5.78 Å². The predicted octanol–water partition coefficient (Wildman–Crippen LogP) is 2.80. The summed E-state index contributed by atoms with van der Waals surface area (Å²) in [7, 11) is 0. The van der Waals surface area contributed by atoms with Crippen molar-refractivity contribution in [3.05, 3.63) is 35.9 Å². The van der Waals surface area contributed by atoms with Crippen LogP contribution in [-0.2, 0) is 25.7 Å². The Kier molecular flexibility index (Phi) is 5.82. The van der Waals surface area contributed by atoms with E-state index in [1.165, 1.54) is 4.90 Å². The fraction of sp³-hybridized carbons (Fsp3) is 0.526. The van der Waals surface area contributed by atoms with Gasteiger partial charge in [-0.2, -0.15) is 0 Å². The highest BCUT2D eigenvalue weighted by Crippen LogP contribution is 2.24. The van der Waals surface area contributed by atoms with E-state index in [-0.39, 0.29) is 31.4 Å². The Bertz CT molecular complexity index is 635. The number of ether oxygens (including phenoxy) is 2. The van der Waals surface area contributed by atoms with E-state index in [0.29, 0.717) is 0 Å². The zero-order valence-electron chi connectivity index (χ0n) is 15.2. The number of nitrogens with zero attached hydrogens (tertiary/aromatic N) is 1. The summed E-state index contributed by atoms with van der Waals surface area (Å²) < 4.78 is 10.6. The van der Waals surface area contributed by atoms with Gasteiger partial charge in [-0.15, -0.1) is 0 Å². The second-order valence-corrected chi connectivity index (χ2v) is 7.38. The van der Waals surface area contributed by atoms with E-state index in [9.17, 15) is 14.4 Å². The number of rotatable bonds is 3. The smallest absolute Gasteiger partial charge is 0.410 e. The van der Waals surface area contributed by atoms with E-state index in [2.05, 4.69) is 0 Å². The van der Waals surface area contributed by atoms with Crippen molar-refractivity contribution in [2.75, 3.05) is 13.1 Å². The minimum atomic E-state index is -0.836. The van der Waals surface area contributed by atoms with Crippen molar-refractivity contribution in [3.63, 3.8) is 0 Å². The third-order valence-electron chi connectivity index (χ3n) is 3.90. The molecule has 25 heavy (non-hydrogen) atoms. The Balaban J connectivity index is 1.93. The van der Waals surface area contributed by atoms with Crippen LogP contribution in [0.25, 0.3) is 0 Å². The van der Waals surface area contributed by atoms with E-state index >= 15 is 0 Å². The number of carbonyl (C=O) groups excluding carboxylic acids is 3. The van der Waals surface area contributed by atoms with Crippen molar-refractivity contribution in [2.45, 2.75) is 39.9 Å². The van der Waals surface area contributed by atoms with Crippen molar-refractivity contribution in [2.24, 2.45) is 11.8 Å². The van der Waals surface area contributed by atoms with Crippen LogP contribution >= 0.6 is 0 Å².